The molecule has 0 atom stereocenters. The molecule has 1 rings (SSSR count). The topological polar surface area (TPSA) is 49.9 Å². The molecule has 1 aromatic rings. The first-order chi connectivity index (χ1) is 8.93. The van der Waals surface area contributed by atoms with E-state index < -0.39 is 0 Å². The molecule has 0 heterocycles. The number of hydrogen-bond acceptors (Lipinski definition) is 2. The maximum Gasteiger partial charge on any atom is 0.0963 e. The Bertz CT molecular complexity index is 418. The van der Waals surface area contributed by atoms with E-state index in [2.05, 4.69) is 6.07 Å². The first-order valence-corrected chi connectivity index (χ1v) is 8.12. The molecule has 2 nitrogen and oxygen atoms in total. The van der Waals surface area contributed by atoms with Gasteiger partial charge in [0, 0.05) is 16.2 Å². The summed E-state index contributed by atoms with van der Waals surface area (Å²) in [5.41, 5.74) is 6.61. The molecule has 0 spiro atoms. The van der Waals surface area contributed by atoms with Crippen molar-refractivity contribution in [3.63, 3.8) is 0 Å². The van der Waals surface area contributed by atoms with E-state index in [4.69, 9.17) is 22.7 Å². The van der Waals surface area contributed by atoms with Crippen molar-refractivity contribution in [2.24, 2.45) is 11.1 Å². The lowest BCUT2D eigenvalue weighted by Crippen LogP contribution is -2.30. The van der Waals surface area contributed by atoms with Crippen LogP contribution in [-0.4, -0.2) is 11.6 Å². The molecule has 0 bridgehead atoms. The van der Waals surface area contributed by atoms with Gasteiger partial charge < -0.3 is 5.73 Å². The van der Waals surface area contributed by atoms with Gasteiger partial charge in [-0.25, -0.2) is 0 Å². The fraction of sp³-hybridized carbons (Fsp3) is 0.533. The van der Waals surface area contributed by atoms with Crippen LogP contribution in [-0.2, 0) is 5.75 Å². The Balaban J connectivity index is 2.16. The van der Waals surface area contributed by atoms with Crippen molar-refractivity contribution in [2.45, 2.75) is 38.9 Å². The van der Waals surface area contributed by atoms with Gasteiger partial charge in [-0.15, -0.1) is 0 Å². The van der Waals surface area contributed by atoms with Crippen molar-refractivity contribution in [3.8, 4) is 0 Å². The van der Waals surface area contributed by atoms with Gasteiger partial charge in [-0.05, 0) is 30.2 Å². The molecule has 19 heavy (non-hydrogen) atoms. The van der Waals surface area contributed by atoms with Crippen LogP contribution < -0.4 is 5.73 Å². The summed E-state index contributed by atoms with van der Waals surface area (Å²) in [6.45, 7) is 4.07. The first kappa shape index (κ1) is 16.4. The maximum atomic E-state index is 7.51. The summed E-state index contributed by atoms with van der Waals surface area (Å²) in [6.07, 6.45) is 3.25. The molecule has 4 heteroatoms. The highest BCUT2D eigenvalue weighted by atomic mass is 35.5. The number of unbranched alkanes of at least 4 members (excludes halogenated alkanes) is 1. The zero-order chi connectivity index (χ0) is 14.3. The van der Waals surface area contributed by atoms with Crippen LogP contribution in [0.4, 0.5) is 0 Å². The second kappa shape index (κ2) is 7.81. The van der Waals surface area contributed by atoms with Crippen LogP contribution in [0.1, 0.15) is 38.7 Å². The quantitative estimate of drug-likeness (QED) is 0.415. The minimum atomic E-state index is -0.159. The lowest BCUT2D eigenvalue weighted by Gasteiger charge is -2.22. The SMILES string of the molecule is CC(C)(CCCCSCc1ccccc1Cl)C(=N)N. The summed E-state index contributed by atoms with van der Waals surface area (Å²) < 4.78 is 0. The van der Waals surface area contributed by atoms with Gasteiger partial charge in [0.25, 0.3) is 0 Å². The summed E-state index contributed by atoms with van der Waals surface area (Å²) in [5.74, 6) is 2.38. The molecule has 0 saturated heterocycles. The van der Waals surface area contributed by atoms with Crippen molar-refractivity contribution in [2.75, 3.05) is 5.75 Å². The van der Waals surface area contributed by atoms with E-state index in [9.17, 15) is 0 Å². The molecule has 0 aliphatic carbocycles. The van der Waals surface area contributed by atoms with E-state index >= 15 is 0 Å². The van der Waals surface area contributed by atoms with Crippen LogP contribution in [0.3, 0.4) is 0 Å². The van der Waals surface area contributed by atoms with Crippen molar-refractivity contribution in [1.82, 2.24) is 0 Å². The number of halogens is 1. The van der Waals surface area contributed by atoms with E-state index in [0.717, 1.165) is 35.8 Å². The molecule has 0 aromatic heterocycles. The van der Waals surface area contributed by atoms with Gasteiger partial charge in [0.05, 0.1) is 5.84 Å². The Morgan fingerprint density at radius 1 is 1.32 bits per heavy atom. The summed E-state index contributed by atoms with van der Waals surface area (Å²) in [6, 6.07) is 8.00. The van der Waals surface area contributed by atoms with Crippen molar-refractivity contribution >= 4 is 29.2 Å². The second-order valence-corrected chi connectivity index (χ2v) is 6.91. The summed E-state index contributed by atoms with van der Waals surface area (Å²) >= 11 is 8.02. The highest BCUT2D eigenvalue weighted by molar-refractivity contribution is 7.98. The van der Waals surface area contributed by atoms with Gasteiger partial charge >= 0.3 is 0 Å². The Morgan fingerprint density at radius 3 is 2.63 bits per heavy atom. The minimum absolute atomic E-state index is 0.159. The largest absolute Gasteiger partial charge is 0.387 e. The van der Waals surface area contributed by atoms with Gasteiger partial charge in [0.1, 0.15) is 0 Å². The van der Waals surface area contributed by atoms with Crippen LogP contribution in [0.2, 0.25) is 5.02 Å². The molecule has 0 saturated carbocycles. The minimum Gasteiger partial charge on any atom is -0.387 e. The molecule has 1 aromatic carbocycles. The summed E-state index contributed by atoms with van der Waals surface area (Å²) in [4.78, 5) is 0. The van der Waals surface area contributed by atoms with Gasteiger partial charge in [-0.1, -0.05) is 50.1 Å². The third kappa shape index (κ3) is 5.87. The van der Waals surface area contributed by atoms with Crippen LogP contribution in [0, 0.1) is 10.8 Å². The van der Waals surface area contributed by atoms with Gasteiger partial charge in [0.15, 0.2) is 0 Å². The molecule has 0 aliphatic rings. The van der Waals surface area contributed by atoms with E-state index in [-0.39, 0.29) is 11.3 Å². The van der Waals surface area contributed by atoms with Crippen LogP contribution in [0.5, 0.6) is 0 Å². The molecule has 0 radical (unpaired) electrons. The van der Waals surface area contributed by atoms with E-state index in [0.29, 0.717) is 0 Å². The average molecular weight is 299 g/mol. The third-order valence-corrected chi connectivity index (χ3v) is 4.75. The highest BCUT2D eigenvalue weighted by Crippen LogP contribution is 2.25. The van der Waals surface area contributed by atoms with Gasteiger partial charge in [0.2, 0.25) is 0 Å². The standard InChI is InChI=1S/C15H23ClN2S/c1-15(2,14(17)18)9-5-6-10-19-11-12-7-3-4-8-13(12)16/h3-4,7-8H,5-6,9-11H2,1-2H3,(H3,17,18). The number of benzene rings is 1. The van der Waals surface area contributed by atoms with Crippen molar-refractivity contribution < 1.29 is 0 Å². The predicted molar refractivity (Wildman–Crippen MR) is 87.2 cm³/mol. The molecule has 106 valence electrons. The van der Waals surface area contributed by atoms with E-state index in [1.807, 2.05) is 43.8 Å². The van der Waals surface area contributed by atoms with Crippen molar-refractivity contribution in [3.05, 3.63) is 34.9 Å². The zero-order valence-corrected chi connectivity index (χ0v) is 13.3. The molecule has 0 unspecified atom stereocenters. The van der Waals surface area contributed by atoms with Crippen LogP contribution in [0.15, 0.2) is 24.3 Å². The highest BCUT2D eigenvalue weighted by Gasteiger charge is 2.20. The molecule has 0 fully saturated rings. The number of thioether (sulfide) groups is 1. The van der Waals surface area contributed by atoms with Crippen molar-refractivity contribution in [1.29, 1.82) is 5.41 Å². The van der Waals surface area contributed by atoms with E-state index in [1.165, 1.54) is 5.56 Å². The molecule has 0 aliphatic heterocycles. The lowest BCUT2D eigenvalue weighted by atomic mass is 9.86. The fourth-order valence-electron chi connectivity index (χ4n) is 1.70. The maximum absolute atomic E-state index is 7.51. The second-order valence-electron chi connectivity index (χ2n) is 5.40. The third-order valence-electron chi connectivity index (χ3n) is 3.28. The van der Waals surface area contributed by atoms with Gasteiger partial charge in [-0.3, -0.25) is 5.41 Å². The molecule has 3 N–H and O–H groups in total. The smallest absolute Gasteiger partial charge is 0.0963 e. The average Bonchev–Trinajstić information content (AvgIpc) is 2.35. The van der Waals surface area contributed by atoms with Crippen LogP contribution >= 0.6 is 23.4 Å². The molecule has 0 amide bonds. The molecular formula is C15H23ClN2S. The number of nitrogens with two attached hydrogens (primary N) is 1. The number of rotatable bonds is 8. The number of nitrogens with one attached hydrogen (secondary N) is 1. The molecular weight excluding hydrogens is 276 g/mol. The Morgan fingerprint density at radius 2 is 2.00 bits per heavy atom. The fourth-order valence-corrected chi connectivity index (χ4v) is 3.01. The van der Waals surface area contributed by atoms with Crippen LogP contribution in [0.25, 0.3) is 0 Å². The first-order valence-electron chi connectivity index (χ1n) is 6.59. The Hall–Kier alpha value is -0.670. The number of amidine groups is 1. The van der Waals surface area contributed by atoms with Gasteiger partial charge in [-0.2, -0.15) is 11.8 Å². The number of hydrogen-bond donors (Lipinski definition) is 2. The normalized spacial score (nSPS) is 11.5. The monoisotopic (exact) mass is 298 g/mol. The summed E-state index contributed by atoms with van der Waals surface area (Å²) in [5, 5.41) is 8.36. The Kier molecular flexibility index (Phi) is 6.73. The lowest BCUT2D eigenvalue weighted by molar-refractivity contribution is 0.448. The van der Waals surface area contributed by atoms with E-state index in [1.54, 1.807) is 0 Å². The Labute approximate surface area is 125 Å². The predicted octanol–water partition coefficient (Wildman–Crippen LogP) is 4.71. The summed E-state index contributed by atoms with van der Waals surface area (Å²) in [7, 11) is 0. The zero-order valence-electron chi connectivity index (χ0n) is 11.7.